The van der Waals surface area contributed by atoms with E-state index in [9.17, 15) is 0 Å². The molecule has 2 N–H and O–H groups in total. The van der Waals surface area contributed by atoms with Gasteiger partial charge in [-0.05, 0) is 58.1 Å². The molecule has 1 aliphatic rings. The van der Waals surface area contributed by atoms with Gasteiger partial charge in [0, 0.05) is 23.6 Å². The Bertz CT molecular complexity index is 622. The van der Waals surface area contributed by atoms with Crippen LogP contribution in [0.1, 0.15) is 29.7 Å². The molecule has 1 atom stereocenters. The maximum Gasteiger partial charge on any atom is 0.0513 e. The lowest BCUT2D eigenvalue weighted by molar-refractivity contribution is 0.729. The minimum absolute atomic E-state index is 0.0717. The van der Waals surface area contributed by atoms with E-state index >= 15 is 0 Å². The average Bonchev–Trinajstić information content (AvgIpc) is 2.46. The Morgan fingerprint density at radius 3 is 2.60 bits per heavy atom. The Morgan fingerprint density at radius 2 is 1.90 bits per heavy atom. The quantitative estimate of drug-likeness (QED) is 0.900. The third-order valence-electron chi connectivity index (χ3n) is 3.97. The van der Waals surface area contributed by atoms with Crippen molar-refractivity contribution in [2.45, 2.75) is 25.9 Å². The second kappa shape index (κ2) is 5.58. The van der Waals surface area contributed by atoms with E-state index in [1.807, 2.05) is 6.92 Å². The largest absolute Gasteiger partial charge is 0.366 e. The number of hydrogen-bond acceptors (Lipinski definition) is 2. The third kappa shape index (κ3) is 2.60. The lowest BCUT2D eigenvalue weighted by Gasteiger charge is -2.31. The highest BCUT2D eigenvalue weighted by molar-refractivity contribution is 9.10. The fourth-order valence-electron chi connectivity index (χ4n) is 2.76. The van der Waals surface area contributed by atoms with E-state index in [0.29, 0.717) is 0 Å². The Balaban J connectivity index is 1.88. The standard InChI is InChI=1S/C17H19BrN2/c1-12(19)14-6-7-17(16(18)10-14)20-9-8-13-4-2-3-5-15(13)11-20/h2-7,10,12H,8-9,11,19H2,1H3/t12-/m1/s1. The summed E-state index contributed by atoms with van der Waals surface area (Å²) < 4.78 is 1.13. The summed E-state index contributed by atoms with van der Waals surface area (Å²) in [4.78, 5) is 2.43. The fourth-order valence-corrected chi connectivity index (χ4v) is 3.41. The summed E-state index contributed by atoms with van der Waals surface area (Å²) in [5.41, 5.74) is 11.3. The van der Waals surface area contributed by atoms with Crippen LogP contribution < -0.4 is 10.6 Å². The topological polar surface area (TPSA) is 29.3 Å². The molecule has 20 heavy (non-hydrogen) atoms. The van der Waals surface area contributed by atoms with Crippen LogP contribution in [0, 0.1) is 0 Å². The van der Waals surface area contributed by atoms with E-state index < -0.39 is 0 Å². The first kappa shape index (κ1) is 13.7. The molecular weight excluding hydrogens is 312 g/mol. The molecule has 0 saturated carbocycles. The van der Waals surface area contributed by atoms with Gasteiger partial charge in [0.2, 0.25) is 0 Å². The smallest absolute Gasteiger partial charge is 0.0513 e. The first-order valence-corrected chi connectivity index (χ1v) is 7.81. The molecule has 0 spiro atoms. The van der Waals surface area contributed by atoms with Gasteiger partial charge >= 0.3 is 0 Å². The first-order valence-electron chi connectivity index (χ1n) is 7.02. The molecule has 104 valence electrons. The van der Waals surface area contributed by atoms with E-state index in [1.54, 1.807) is 0 Å². The summed E-state index contributed by atoms with van der Waals surface area (Å²) in [7, 11) is 0. The Kier molecular flexibility index (Phi) is 3.81. The van der Waals surface area contributed by atoms with Crippen molar-refractivity contribution in [3.05, 3.63) is 63.6 Å². The van der Waals surface area contributed by atoms with Gasteiger partial charge in [-0.3, -0.25) is 0 Å². The molecule has 1 aliphatic heterocycles. The summed E-state index contributed by atoms with van der Waals surface area (Å²) in [6.45, 7) is 4.05. The molecule has 0 bridgehead atoms. The zero-order valence-corrected chi connectivity index (χ0v) is 13.2. The number of halogens is 1. The lowest BCUT2D eigenvalue weighted by Crippen LogP contribution is -2.30. The molecule has 0 amide bonds. The van der Waals surface area contributed by atoms with Gasteiger partial charge in [0.25, 0.3) is 0 Å². The number of anilines is 1. The first-order chi connectivity index (χ1) is 9.65. The van der Waals surface area contributed by atoms with E-state index in [2.05, 4.69) is 63.3 Å². The van der Waals surface area contributed by atoms with Crippen molar-refractivity contribution in [3.63, 3.8) is 0 Å². The Hall–Kier alpha value is -1.32. The molecule has 2 nitrogen and oxygen atoms in total. The van der Waals surface area contributed by atoms with Crippen LogP contribution in [0.4, 0.5) is 5.69 Å². The second-order valence-electron chi connectivity index (χ2n) is 5.44. The van der Waals surface area contributed by atoms with Crippen LogP contribution in [0.15, 0.2) is 46.9 Å². The van der Waals surface area contributed by atoms with Crippen molar-refractivity contribution in [2.24, 2.45) is 5.73 Å². The highest BCUT2D eigenvalue weighted by Crippen LogP contribution is 2.32. The third-order valence-corrected chi connectivity index (χ3v) is 4.60. The van der Waals surface area contributed by atoms with Crippen molar-refractivity contribution >= 4 is 21.6 Å². The van der Waals surface area contributed by atoms with Gasteiger partial charge in [0.05, 0.1) is 5.69 Å². The zero-order chi connectivity index (χ0) is 14.1. The van der Waals surface area contributed by atoms with Crippen molar-refractivity contribution in [2.75, 3.05) is 11.4 Å². The summed E-state index contributed by atoms with van der Waals surface area (Å²) in [5.74, 6) is 0. The molecule has 0 fully saturated rings. The highest BCUT2D eigenvalue weighted by atomic mass is 79.9. The second-order valence-corrected chi connectivity index (χ2v) is 6.29. The van der Waals surface area contributed by atoms with Gasteiger partial charge in [-0.15, -0.1) is 0 Å². The van der Waals surface area contributed by atoms with E-state index in [-0.39, 0.29) is 6.04 Å². The van der Waals surface area contributed by atoms with Crippen LogP contribution in [0.25, 0.3) is 0 Å². The van der Waals surface area contributed by atoms with Gasteiger partial charge in [0.15, 0.2) is 0 Å². The number of rotatable bonds is 2. The maximum absolute atomic E-state index is 5.94. The number of benzene rings is 2. The van der Waals surface area contributed by atoms with E-state index in [0.717, 1.165) is 29.5 Å². The Morgan fingerprint density at radius 1 is 1.15 bits per heavy atom. The molecule has 3 rings (SSSR count). The van der Waals surface area contributed by atoms with Crippen molar-refractivity contribution in [3.8, 4) is 0 Å². The highest BCUT2D eigenvalue weighted by Gasteiger charge is 2.18. The number of fused-ring (bicyclic) bond motifs is 1. The van der Waals surface area contributed by atoms with Gasteiger partial charge in [-0.1, -0.05) is 30.3 Å². The van der Waals surface area contributed by atoms with Gasteiger partial charge in [-0.25, -0.2) is 0 Å². The van der Waals surface area contributed by atoms with Crippen LogP contribution >= 0.6 is 15.9 Å². The minimum Gasteiger partial charge on any atom is -0.366 e. The number of nitrogens with zero attached hydrogens (tertiary/aromatic N) is 1. The lowest BCUT2D eigenvalue weighted by atomic mass is 9.99. The van der Waals surface area contributed by atoms with Crippen molar-refractivity contribution < 1.29 is 0 Å². The molecule has 0 aliphatic carbocycles. The summed E-state index contributed by atoms with van der Waals surface area (Å²) in [5, 5.41) is 0. The van der Waals surface area contributed by atoms with Gasteiger partial charge < -0.3 is 10.6 Å². The predicted molar refractivity (Wildman–Crippen MR) is 87.9 cm³/mol. The van der Waals surface area contributed by atoms with Crippen LogP contribution in [0.3, 0.4) is 0 Å². The molecular formula is C17H19BrN2. The van der Waals surface area contributed by atoms with Crippen molar-refractivity contribution in [1.29, 1.82) is 0 Å². The van der Waals surface area contributed by atoms with Crippen LogP contribution in [-0.2, 0) is 13.0 Å². The van der Waals surface area contributed by atoms with Crippen LogP contribution in [0.2, 0.25) is 0 Å². The van der Waals surface area contributed by atoms with Gasteiger partial charge in [-0.2, -0.15) is 0 Å². The summed E-state index contributed by atoms with van der Waals surface area (Å²) in [6, 6.07) is 15.2. The zero-order valence-electron chi connectivity index (χ0n) is 11.6. The molecule has 0 radical (unpaired) electrons. The van der Waals surface area contributed by atoms with Gasteiger partial charge in [0.1, 0.15) is 0 Å². The van der Waals surface area contributed by atoms with Crippen LogP contribution in [-0.4, -0.2) is 6.54 Å². The maximum atomic E-state index is 5.94. The molecule has 2 aromatic carbocycles. The molecule has 2 aromatic rings. The van der Waals surface area contributed by atoms with E-state index in [4.69, 9.17) is 5.73 Å². The van der Waals surface area contributed by atoms with Crippen molar-refractivity contribution in [1.82, 2.24) is 0 Å². The normalized spacial score (nSPS) is 15.8. The van der Waals surface area contributed by atoms with Crippen LogP contribution in [0.5, 0.6) is 0 Å². The van der Waals surface area contributed by atoms with E-state index in [1.165, 1.54) is 16.8 Å². The predicted octanol–water partition coefficient (Wildman–Crippen LogP) is 4.03. The minimum atomic E-state index is 0.0717. The average molecular weight is 331 g/mol. The molecule has 0 saturated heterocycles. The Labute approximate surface area is 128 Å². The summed E-state index contributed by atoms with van der Waals surface area (Å²) in [6.07, 6.45) is 1.11. The monoisotopic (exact) mass is 330 g/mol. The number of hydrogen-bond donors (Lipinski definition) is 1. The molecule has 1 heterocycles. The molecule has 0 aromatic heterocycles. The number of nitrogens with two attached hydrogens (primary N) is 1. The SMILES string of the molecule is C[C@@H](N)c1ccc(N2CCc3ccccc3C2)c(Br)c1. The molecule has 3 heteroatoms. The molecule has 0 unspecified atom stereocenters. The fraction of sp³-hybridized carbons (Fsp3) is 0.294. The summed E-state index contributed by atoms with van der Waals surface area (Å²) >= 11 is 3.69.